The predicted octanol–water partition coefficient (Wildman–Crippen LogP) is 0.764. The van der Waals surface area contributed by atoms with Gasteiger partial charge in [0.05, 0.1) is 5.92 Å². The summed E-state index contributed by atoms with van der Waals surface area (Å²) in [5, 5.41) is 14.5. The fourth-order valence-electron chi connectivity index (χ4n) is 2.70. The number of nitrogens with one attached hydrogen (secondary N) is 2. The summed E-state index contributed by atoms with van der Waals surface area (Å²) in [6.07, 6.45) is 2.38. The van der Waals surface area contributed by atoms with Crippen molar-refractivity contribution in [2.45, 2.75) is 46.1 Å². The summed E-state index contributed by atoms with van der Waals surface area (Å²) in [6.45, 7) is 5.45. The Morgan fingerprint density at radius 1 is 1.25 bits per heavy atom. The Bertz CT molecular complexity index is 381. The maximum Gasteiger partial charge on any atom is 0.306 e. The molecule has 6 heteroatoms. The number of carboxylic acid groups (broad SMARTS) is 1. The lowest BCUT2D eigenvalue weighted by molar-refractivity contribution is -0.143. The summed E-state index contributed by atoms with van der Waals surface area (Å²) in [5.41, 5.74) is 0. The zero-order valence-corrected chi connectivity index (χ0v) is 12.3. The van der Waals surface area contributed by atoms with Gasteiger partial charge in [0.1, 0.15) is 6.04 Å². The Hall–Kier alpha value is -1.59. The van der Waals surface area contributed by atoms with E-state index in [9.17, 15) is 14.4 Å². The van der Waals surface area contributed by atoms with Gasteiger partial charge in [0.2, 0.25) is 11.8 Å². The van der Waals surface area contributed by atoms with Gasteiger partial charge < -0.3 is 15.7 Å². The Balaban J connectivity index is 2.52. The first-order chi connectivity index (χ1) is 9.32. The Morgan fingerprint density at radius 3 is 2.40 bits per heavy atom. The molecule has 0 aromatic heterocycles. The lowest BCUT2D eigenvalue weighted by Crippen LogP contribution is -2.50. The number of aliphatic carboxylic acids is 1. The van der Waals surface area contributed by atoms with E-state index in [0.29, 0.717) is 13.0 Å². The van der Waals surface area contributed by atoms with Crippen molar-refractivity contribution in [2.75, 3.05) is 6.54 Å². The van der Waals surface area contributed by atoms with Crippen LogP contribution in [0, 0.1) is 17.8 Å². The highest BCUT2D eigenvalue weighted by molar-refractivity contribution is 5.87. The lowest BCUT2D eigenvalue weighted by atomic mass is 9.95. The Kier molecular flexibility index (Phi) is 5.98. The zero-order valence-electron chi connectivity index (χ0n) is 12.3. The molecule has 0 aliphatic heterocycles. The van der Waals surface area contributed by atoms with Gasteiger partial charge in [-0.25, -0.2) is 0 Å². The second-order valence-electron chi connectivity index (χ2n) is 5.80. The van der Waals surface area contributed by atoms with Crippen molar-refractivity contribution in [3.63, 3.8) is 0 Å². The highest BCUT2D eigenvalue weighted by atomic mass is 16.4. The molecule has 0 spiro atoms. The van der Waals surface area contributed by atoms with Crippen molar-refractivity contribution in [2.24, 2.45) is 17.8 Å². The summed E-state index contributed by atoms with van der Waals surface area (Å²) in [7, 11) is 0. The van der Waals surface area contributed by atoms with E-state index in [2.05, 4.69) is 10.6 Å². The van der Waals surface area contributed by atoms with Crippen LogP contribution in [0.15, 0.2) is 0 Å². The van der Waals surface area contributed by atoms with Crippen LogP contribution in [0.5, 0.6) is 0 Å². The minimum absolute atomic E-state index is 0.0124. The van der Waals surface area contributed by atoms with E-state index in [1.807, 2.05) is 13.8 Å². The van der Waals surface area contributed by atoms with E-state index in [1.165, 1.54) is 6.92 Å². The molecule has 0 saturated heterocycles. The fourth-order valence-corrected chi connectivity index (χ4v) is 2.70. The second kappa shape index (κ2) is 7.26. The van der Waals surface area contributed by atoms with Crippen LogP contribution in [0.4, 0.5) is 0 Å². The van der Waals surface area contributed by atoms with Crippen LogP contribution in [0.1, 0.15) is 40.0 Å². The van der Waals surface area contributed by atoms with Gasteiger partial charge in [0.15, 0.2) is 0 Å². The van der Waals surface area contributed by atoms with Crippen LogP contribution in [0.25, 0.3) is 0 Å². The standard InChI is InChI=1S/C14H24N2O4/c1-8(2)12(16-9(3)17)13(18)15-7-10-5-4-6-11(10)14(19)20/h8,10-12H,4-7H2,1-3H3,(H,15,18)(H,16,17)(H,19,20). The number of amides is 2. The van der Waals surface area contributed by atoms with E-state index < -0.39 is 12.0 Å². The molecular formula is C14H24N2O4. The molecule has 3 unspecified atom stereocenters. The van der Waals surface area contributed by atoms with Gasteiger partial charge >= 0.3 is 5.97 Å². The molecule has 3 atom stereocenters. The molecule has 1 rings (SSSR count). The molecule has 0 heterocycles. The molecule has 6 nitrogen and oxygen atoms in total. The van der Waals surface area contributed by atoms with E-state index in [4.69, 9.17) is 5.11 Å². The van der Waals surface area contributed by atoms with E-state index in [1.54, 1.807) is 0 Å². The van der Waals surface area contributed by atoms with Crippen molar-refractivity contribution in [3.8, 4) is 0 Å². The minimum atomic E-state index is -0.788. The zero-order chi connectivity index (χ0) is 15.3. The predicted molar refractivity (Wildman–Crippen MR) is 73.9 cm³/mol. The summed E-state index contributed by atoms with van der Waals surface area (Å²) in [4.78, 5) is 34.3. The number of hydrogen-bond acceptors (Lipinski definition) is 3. The van der Waals surface area contributed by atoms with Crippen LogP contribution in [-0.2, 0) is 14.4 Å². The van der Waals surface area contributed by atoms with Gasteiger partial charge in [0.25, 0.3) is 0 Å². The number of carbonyl (C=O) groups excluding carboxylic acids is 2. The van der Waals surface area contributed by atoms with Gasteiger partial charge in [-0.1, -0.05) is 20.3 Å². The van der Waals surface area contributed by atoms with Crippen molar-refractivity contribution >= 4 is 17.8 Å². The Morgan fingerprint density at radius 2 is 1.90 bits per heavy atom. The molecule has 0 radical (unpaired) electrons. The molecule has 1 saturated carbocycles. The van der Waals surface area contributed by atoms with Crippen molar-refractivity contribution < 1.29 is 19.5 Å². The maximum absolute atomic E-state index is 12.1. The molecule has 114 valence electrons. The quantitative estimate of drug-likeness (QED) is 0.671. The maximum atomic E-state index is 12.1. The summed E-state index contributed by atoms with van der Waals surface area (Å²) in [6, 6.07) is -0.572. The first kappa shape index (κ1) is 16.5. The first-order valence-corrected chi connectivity index (χ1v) is 7.10. The molecule has 1 aliphatic carbocycles. The van der Waals surface area contributed by atoms with E-state index in [-0.39, 0.29) is 29.6 Å². The smallest absolute Gasteiger partial charge is 0.306 e. The number of carboxylic acids is 1. The lowest BCUT2D eigenvalue weighted by Gasteiger charge is -2.23. The van der Waals surface area contributed by atoms with Gasteiger partial charge in [-0.3, -0.25) is 14.4 Å². The third kappa shape index (κ3) is 4.51. The number of rotatable bonds is 6. The molecule has 1 fully saturated rings. The second-order valence-corrected chi connectivity index (χ2v) is 5.80. The topological polar surface area (TPSA) is 95.5 Å². The van der Waals surface area contributed by atoms with Crippen LogP contribution in [0.2, 0.25) is 0 Å². The normalized spacial score (nSPS) is 23.4. The molecular weight excluding hydrogens is 260 g/mol. The molecule has 0 bridgehead atoms. The van der Waals surface area contributed by atoms with Crippen LogP contribution >= 0.6 is 0 Å². The SMILES string of the molecule is CC(=O)NC(C(=O)NCC1CCCC1C(=O)O)C(C)C. The van der Waals surface area contributed by atoms with Crippen molar-refractivity contribution in [1.29, 1.82) is 0 Å². The van der Waals surface area contributed by atoms with Crippen molar-refractivity contribution in [1.82, 2.24) is 10.6 Å². The largest absolute Gasteiger partial charge is 0.481 e. The van der Waals surface area contributed by atoms with Gasteiger partial charge in [0, 0.05) is 13.5 Å². The number of carbonyl (C=O) groups is 3. The summed E-state index contributed by atoms with van der Waals surface area (Å²) >= 11 is 0. The average molecular weight is 284 g/mol. The average Bonchev–Trinajstić information content (AvgIpc) is 2.80. The van der Waals surface area contributed by atoms with Crippen LogP contribution in [0.3, 0.4) is 0 Å². The molecule has 0 aromatic rings. The molecule has 3 N–H and O–H groups in total. The third-order valence-corrected chi connectivity index (χ3v) is 3.82. The highest BCUT2D eigenvalue weighted by Crippen LogP contribution is 2.31. The Labute approximate surface area is 119 Å². The molecule has 2 amide bonds. The van der Waals surface area contributed by atoms with Crippen LogP contribution in [-0.4, -0.2) is 35.5 Å². The highest BCUT2D eigenvalue weighted by Gasteiger charge is 2.33. The minimum Gasteiger partial charge on any atom is -0.481 e. The van der Waals surface area contributed by atoms with E-state index in [0.717, 1.165) is 12.8 Å². The van der Waals surface area contributed by atoms with Crippen LogP contribution < -0.4 is 10.6 Å². The van der Waals surface area contributed by atoms with Gasteiger partial charge in [-0.05, 0) is 24.7 Å². The number of hydrogen-bond donors (Lipinski definition) is 3. The summed E-state index contributed by atoms with van der Waals surface area (Å²) < 4.78 is 0. The van der Waals surface area contributed by atoms with Crippen molar-refractivity contribution in [3.05, 3.63) is 0 Å². The monoisotopic (exact) mass is 284 g/mol. The molecule has 1 aliphatic rings. The summed E-state index contributed by atoms with van der Waals surface area (Å²) in [5.74, 6) is -1.67. The fraction of sp³-hybridized carbons (Fsp3) is 0.786. The third-order valence-electron chi connectivity index (χ3n) is 3.82. The van der Waals surface area contributed by atoms with Gasteiger partial charge in [-0.2, -0.15) is 0 Å². The first-order valence-electron chi connectivity index (χ1n) is 7.10. The van der Waals surface area contributed by atoms with Gasteiger partial charge in [-0.15, -0.1) is 0 Å². The molecule has 0 aromatic carbocycles. The van der Waals surface area contributed by atoms with E-state index >= 15 is 0 Å². The molecule has 20 heavy (non-hydrogen) atoms.